The molecule has 0 atom stereocenters. The van der Waals surface area contributed by atoms with Gasteiger partial charge in [0.15, 0.2) is 5.96 Å². The lowest BCUT2D eigenvalue weighted by molar-refractivity contribution is -0.384. The maximum absolute atomic E-state index is 10.7. The predicted octanol–water partition coefficient (Wildman–Crippen LogP) is 1.24. The summed E-state index contributed by atoms with van der Waals surface area (Å²) in [5, 5.41) is 13.6. The van der Waals surface area contributed by atoms with E-state index in [0.717, 1.165) is 17.7 Å². The molecule has 0 saturated heterocycles. The van der Waals surface area contributed by atoms with E-state index >= 15 is 0 Å². The first-order valence-electron chi connectivity index (χ1n) is 5.19. The van der Waals surface area contributed by atoms with Crippen molar-refractivity contribution in [2.45, 2.75) is 6.42 Å². The lowest BCUT2D eigenvalue weighted by Crippen LogP contribution is -2.29. The van der Waals surface area contributed by atoms with Crippen molar-refractivity contribution in [1.82, 2.24) is 5.32 Å². The van der Waals surface area contributed by atoms with Gasteiger partial charge in [0.1, 0.15) is 0 Å². The Balaban J connectivity index is 2.33. The molecule has 0 bridgehead atoms. The van der Waals surface area contributed by atoms with Crippen LogP contribution in [0.3, 0.4) is 0 Å². The summed E-state index contributed by atoms with van der Waals surface area (Å²) in [6.07, 6.45) is 2.69. The summed E-state index contributed by atoms with van der Waals surface area (Å²) in [4.78, 5) is 14.3. The number of nitrogens with two attached hydrogens (primary N) is 1. The van der Waals surface area contributed by atoms with Crippen molar-refractivity contribution in [3.63, 3.8) is 0 Å². The van der Waals surface area contributed by atoms with Gasteiger partial charge in [-0.15, -0.1) is 0 Å². The number of aliphatic imine (C=N–C) groups is 1. The van der Waals surface area contributed by atoms with Crippen molar-refractivity contribution in [2.75, 3.05) is 6.54 Å². The third-order valence-corrected chi connectivity index (χ3v) is 2.39. The van der Waals surface area contributed by atoms with Crippen molar-refractivity contribution in [2.24, 2.45) is 10.7 Å². The second-order valence-corrected chi connectivity index (χ2v) is 3.61. The molecule has 0 fully saturated rings. The monoisotopic (exact) mass is 232 g/mol. The Hall–Kier alpha value is -2.37. The number of nitrogens with one attached hydrogen (secondary N) is 1. The van der Waals surface area contributed by atoms with Gasteiger partial charge in [-0.05, 0) is 6.42 Å². The fraction of sp³-hybridized carbons (Fsp3) is 0.182. The highest BCUT2D eigenvalue weighted by Gasteiger charge is 2.10. The topological polar surface area (TPSA) is 93.5 Å². The van der Waals surface area contributed by atoms with Gasteiger partial charge in [0.25, 0.3) is 5.69 Å². The van der Waals surface area contributed by atoms with E-state index in [1.165, 1.54) is 12.1 Å². The molecule has 0 radical (unpaired) electrons. The van der Waals surface area contributed by atoms with Crippen molar-refractivity contribution in [1.29, 1.82) is 0 Å². The van der Waals surface area contributed by atoms with Gasteiger partial charge in [-0.2, -0.15) is 0 Å². The van der Waals surface area contributed by atoms with E-state index in [1.807, 2.05) is 6.08 Å². The minimum atomic E-state index is -0.418. The molecule has 17 heavy (non-hydrogen) atoms. The first-order chi connectivity index (χ1) is 8.16. The van der Waals surface area contributed by atoms with E-state index < -0.39 is 4.92 Å². The largest absolute Gasteiger partial charge is 0.370 e. The van der Waals surface area contributed by atoms with Gasteiger partial charge in [0.05, 0.1) is 4.92 Å². The summed E-state index contributed by atoms with van der Waals surface area (Å²) in [5.74, 6) is 0.334. The molecule has 1 aliphatic rings. The number of hydrogen-bond donors (Lipinski definition) is 2. The highest BCUT2D eigenvalue weighted by atomic mass is 16.6. The number of hydrogen-bond acceptors (Lipinski definition) is 5. The number of nitro benzene ring substituents is 1. The normalized spacial score (nSPS) is 15.3. The summed E-state index contributed by atoms with van der Waals surface area (Å²) in [6, 6.07) is 6.41. The third kappa shape index (κ3) is 2.60. The van der Waals surface area contributed by atoms with Gasteiger partial charge in [-0.3, -0.25) is 15.1 Å². The maximum atomic E-state index is 10.7. The van der Waals surface area contributed by atoms with E-state index in [9.17, 15) is 10.1 Å². The molecule has 0 spiro atoms. The van der Waals surface area contributed by atoms with Crippen LogP contribution in [0.1, 0.15) is 12.0 Å². The minimum Gasteiger partial charge on any atom is -0.370 e. The zero-order valence-electron chi connectivity index (χ0n) is 9.09. The van der Waals surface area contributed by atoms with Crippen LogP contribution in [0.5, 0.6) is 0 Å². The summed E-state index contributed by atoms with van der Waals surface area (Å²) >= 11 is 0. The van der Waals surface area contributed by atoms with Gasteiger partial charge < -0.3 is 11.1 Å². The molecule has 88 valence electrons. The molecule has 0 aliphatic carbocycles. The second kappa shape index (κ2) is 4.65. The molecule has 1 aromatic rings. The Labute approximate surface area is 98.0 Å². The number of nitrogens with zero attached hydrogens (tertiary/aromatic N) is 2. The van der Waals surface area contributed by atoms with E-state index in [0.29, 0.717) is 12.5 Å². The van der Waals surface area contributed by atoms with Gasteiger partial charge in [0, 0.05) is 29.9 Å². The van der Waals surface area contributed by atoms with E-state index in [-0.39, 0.29) is 5.69 Å². The number of non-ortho nitro benzene ring substituents is 1. The first kappa shape index (κ1) is 11.1. The smallest absolute Gasteiger partial charge is 0.270 e. The predicted molar refractivity (Wildman–Crippen MR) is 65.3 cm³/mol. The van der Waals surface area contributed by atoms with Crippen LogP contribution in [0.25, 0.3) is 5.70 Å². The molecule has 2 rings (SSSR count). The Morgan fingerprint density at radius 2 is 2.29 bits per heavy atom. The minimum absolute atomic E-state index is 0.0601. The van der Waals surface area contributed by atoms with Crippen molar-refractivity contribution in [3.05, 3.63) is 46.0 Å². The van der Waals surface area contributed by atoms with Crippen molar-refractivity contribution in [3.8, 4) is 0 Å². The van der Waals surface area contributed by atoms with Crippen LogP contribution < -0.4 is 11.1 Å². The van der Waals surface area contributed by atoms with E-state index in [1.54, 1.807) is 12.1 Å². The Morgan fingerprint density at radius 3 is 3.06 bits per heavy atom. The molecule has 1 aromatic carbocycles. The van der Waals surface area contributed by atoms with E-state index in [2.05, 4.69) is 10.3 Å². The maximum Gasteiger partial charge on any atom is 0.270 e. The molecular weight excluding hydrogens is 220 g/mol. The van der Waals surface area contributed by atoms with Crippen LogP contribution in [-0.2, 0) is 0 Å². The van der Waals surface area contributed by atoms with Gasteiger partial charge >= 0.3 is 0 Å². The highest BCUT2D eigenvalue weighted by Crippen LogP contribution is 2.19. The lowest BCUT2D eigenvalue weighted by atomic mass is 10.1. The summed E-state index contributed by atoms with van der Waals surface area (Å²) in [5.41, 5.74) is 7.18. The summed E-state index contributed by atoms with van der Waals surface area (Å²) in [7, 11) is 0. The molecule has 1 aliphatic heterocycles. The first-order valence-corrected chi connectivity index (χ1v) is 5.19. The van der Waals surface area contributed by atoms with Gasteiger partial charge in [0.2, 0.25) is 0 Å². The van der Waals surface area contributed by atoms with Crippen LogP contribution in [0.15, 0.2) is 35.3 Å². The quantitative estimate of drug-likeness (QED) is 0.592. The number of guanidine groups is 1. The fourth-order valence-corrected chi connectivity index (χ4v) is 1.60. The van der Waals surface area contributed by atoms with Crippen LogP contribution in [0.4, 0.5) is 5.69 Å². The number of nitro groups is 1. The van der Waals surface area contributed by atoms with Crippen LogP contribution in [-0.4, -0.2) is 17.4 Å². The van der Waals surface area contributed by atoms with E-state index in [4.69, 9.17) is 5.73 Å². The molecule has 6 nitrogen and oxygen atoms in total. The lowest BCUT2D eigenvalue weighted by Gasteiger charge is -2.08. The molecule has 0 saturated carbocycles. The second-order valence-electron chi connectivity index (χ2n) is 3.61. The third-order valence-electron chi connectivity index (χ3n) is 2.39. The molecule has 3 N–H and O–H groups in total. The fourth-order valence-electron chi connectivity index (χ4n) is 1.60. The van der Waals surface area contributed by atoms with Crippen molar-refractivity contribution < 1.29 is 4.92 Å². The Bertz CT molecular complexity index is 508. The van der Waals surface area contributed by atoms with Crippen LogP contribution >= 0.6 is 0 Å². The standard InChI is InChI=1S/C11H12N4O2/c12-11-13-6-2-5-10(14-11)8-3-1-4-9(7-8)15(16)17/h1,3-5,7H,2,6H2,(H3,12,13,14). The Kier molecular flexibility index (Phi) is 3.04. The SMILES string of the molecule is NC1=NCCC=C(c2cccc([N+](=O)[O-])c2)N1. The van der Waals surface area contributed by atoms with Gasteiger partial charge in [-0.25, -0.2) is 0 Å². The number of benzene rings is 1. The zero-order chi connectivity index (χ0) is 12.3. The van der Waals surface area contributed by atoms with Crippen LogP contribution in [0.2, 0.25) is 0 Å². The molecule has 0 unspecified atom stereocenters. The Morgan fingerprint density at radius 1 is 1.47 bits per heavy atom. The van der Waals surface area contributed by atoms with Crippen molar-refractivity contribution >= 4 is 17.3 Å². The average Bonchev–Trinajstić information content (AvgIpc) is 2.54. The highest BCUT2D eigenvalue weighted by molar-refractivity contribution is 5.88. The summed E-state index contributed by atoms with van der Waals surface area (Å²) in [6.45, 7) is 0.622. The molecule has 0 amide bonds. The molecule has 6 heteroatoms. The van der Waals surface area contributed by atoms with Gasteiger partial charge in [-0.1, -0.05) is 18.2 Å². The molecule has 1 heterocycles. The molecule has 0 aromatic heterocycles. The van der Waals surface area contributed by atoms with Crippen LogP contribution in [0, 0.1) is 10.1 Å². The zero-order valence-corrected chi connectivity index (χ0v) is 9.09. The molecular formula is C11H12N4O2. The average molecular weight is 232 g/mol. The summed E-state index contributed by atoms with van der Waals surface area (Å²) < 4.78 is 0. The number of rotatable bonds is 2.